The molecule has 0 spiro atoms. The zero-order valence-corrected chi connectivity index (χ0v) is 15.0. The second kappa shape index (κ2) is 6.86. The Morgan fingerprint density at radius 2 is 2.04 bits per heavy atom. The van der Waals surface area contributed by atoms with Crippen molar-refractivity contribution in [2.24, 2.45) is 0 Å². The maximum absolute atomic E-state index is 12.3. The van der Waals surface area contributed by atoms with Crippen LogP contribution in [0.2, 0.25) is 0 Å². The number of thiophene rings is 1. The molecule has 7 nitrogen and oxygen atoms in total. The molecule has 3 aromatic rings. The Balaban J connectivity index is 1.56. The molecule has 128 valence electrons. The normalized spacial score (nSPS) is 11.9. The zero-order chi connectivity index (χ0) is 17.2. The van der Waals surface area contributed by atoms with Gasteiger partial charge in [0.1, 0.15) is 5.76 Å². The van der Waals surface area contributed by atoms with Gasteiger partial charge in [-0.25, -0.2) is 8.42 Å². The second-order valence-electron chi connectivity index (χ2n) is 5.49. The maximum Gasteiger partial charge on any atom is 0.227 e. The molecule has 0 atom stereocenters. The van der Waals surface area contributed by atoms with E-state index in [0.29, 0.717) is 41.6 Å². The predicted molar refractivity (Wildman–Crippen MR) is 89.4 cm³/mol. The lowest BCUT2D eigenvalue weighted by Gasteiger charge is -2.03. The summed E-state index contributed by atoms with van der Waals surface area (Å²) in [5.74, 6) is 1.53. The highest BCUT2D eigenvalue weighted by Crippen LogP contribution is 2.22. The molecule has 0 saturated heterocycles. The van der Waals surface area contributed by atoms with Crippen LogP contribution in [0.15, 0.2) is 26.6 Å². The monoisotopic (exact) mass is 367 g/mol. The molecule has 3 rings (SSSR count). The lowest BCUT2D eigenvalue weighted by molar-refractivity contribution is 0.378. The minimum atomic E-state index is -3.24. The van der Waals surface area contributed by atoms with Crippen LogP contribution in [0.1, 0.15) is 29.3 Å². The zero-order valence-electron chi connectivity index (χ0n) is 13.4. The number of hydrogen-bond acceptors (Lipinski definition) is 8. The molecule has 9 heteroatoms. The summed E-state index contributed by atoms with van der Waals surface area (Å²) in [6, 6.07) is 3.82. The van der Waals surface area contributed by atoms with Crippen LogP contribution in [-0.2, 0) is 22.0 Å². The van der Waals surface area contributed by atoms with Gasteiger partial charge in [-0.05, 0) is 31.7 Å². The Hall–Kier alpha value is -2.00. The molecule has 0 aromatic carbocycles. The number of sulfone groups is 1. The molecular weight excluding hydrogens is 350 g/mol. The average molecular weight is 367 g/mol. The van der Waals surface area contributed by atoms with Crippen LogP contribution < -0.4 is 0 Å². The summed E-state index contributed by atoms with van der Waals surface area (Å²) >= 11 is 1.53. The van der Waals surface area contributed by atoms with E-state index in [1.165, 1.54) is 11.3 Å². The summed E-state index contributed by atoms with van der Waals surface area (Å²) in [6.07, 6.45) is 0.858. The maximum atomic E-state index is 12.3. The second-order valence-corrected chi connectivity index (χ2v) is 8.62. The lowest BCUT2D eigenvalue weighted by Crippen LogP contribution is -2.11. The largest absolute Gasteiger partial charge is 0.361 e. The molecule has 3 heterocycles. The average Bonchev–Trinajstić information content (AvgIpc) is 3.25. The van der Waals surface area contributed by atoms with Gasteiger partial charge in [0.25, 0.3) is 0 Å². The van der Waals surface area contributed by atoms with Gasteiger partial charge in [0, 0.05) is 12.0 Å². The highest BCUT2D eigenvalue weighted by molar-refractivity contribution is 7.90. The highest BCUT2D eigenvalue weighted by atomic mass is 32.2. The Morgan fingerprint density at radius 3 is 2.71 bits per heavy atom. The van der Waals surface area contributed by atoms with Crippen molar-refractivity contribution >= 4 is 21.2 Å². The number of aryl methyl sites for hydroxylation is 3. The third kappa shape index (κ3) is 3.90. The van der Waals surface area contributed by atoms with Crippen LogP contribution in [0.3, 0.4) is 0 Å². The van der Waals surface area contributed by atoms with Gasteiger partial charge in [0.2, 0.25) is 11.7 Å². The van der Waals surface area contributed by atoms with Crippen molar-refractivity contribution in [3.63, 3.8) is 0 Å². The van der Waals surface area contributed by atoms with Crippen molar-refractivity contribution < 1.29 is 17.5 Å². The molecule has 3 aromatic heterocycles. The Morgan fingerprint density at radius 1 is 1.21 bits per heavy atom. The summed E-state index contributed by atoms with van der Waals surface area (Å²) in [7, 11) is -3.24. The molecule has 0 saturated carbocycles. The van der Waals surface area contributed by atoms with Crippen LogP contribution in [0.5, 0.6) is 0 Å². The van der Waals surface area contributed by atoms with Crippen molar-refractivity contribution in [1.29, 1.82) is 0 Å². The molecule has 0 N–H and O–H groups in total. The third-order valence-electron chi connectivity index (χ3n) is 3.60. The first-order chi connectivity index (χ1) is 11.4. The minimum absolute atomic E-state index is 0.0494. The van der Waals surface area contributed by atoms with Crippen LogP contribution in [0.4, 0.5) is 0 Å². The minimum Gasteiger partial charge on any atom is -0.361 e. The Bertz CT molecular complexity index is 891. The van der Waals surface area contributed by atoms with Gasteiger partial charge >= 0.3 is 0 Å². The molecule has 0 amide bonds. The van der Waals surface area contributed by atoms with Crippen LogP contribution >= 0.6 is 11.3 Å². The van der Waals surface area contributed by atoms with Gasteiger partial charge in [0.05, 0.1) is 22.1 Å². The number of rotatable bonds is 7. The summed E-state index contributed by atoms with van der Waals surface area (Å²) in [5, 5.41) is 9.63. The number of nitrogens with zero attached hydrogens (tertiary/aromatic N) is 3. The summed E-state index contributed by atoms with van der Waals surface area (Å²) in [6.45, 7) is 3.46. The van der Waals surface area contributed by atoms with E-state index in [0.717, 1.165) is 4.88 Å². The Kier molecular flexibility index (Phi) is 4.81. The molecule has 0 fully saturated rings. The van der Waals surface area contributed by atoms with Gasteiger partial charge < -0.3 is 9.05 Å². The SMILES string of the molecule is Cc1noc(C)c1CS(=O)(=O)CCCc1nc(-c2cccs2)no1. The molecule has 0 bridgehead atoms. The molecular formula is C15H17N3O4S2. The molecule has 0 aliphatic carbocycles. The lowest BCUT2D eigenvalue weighted by atomic mass is 10.2. The van der Waals surface area contributed by atoms with Crippen molar-refractivity contribution in [3.05, 3.63) is 40.4 Å². The van der Waals surface area contributed by atoms with Crippen LogP contribution in [0.25, 0.3) is 10.7 Å². The van der Waals surface area contributed by atoms with E-state index in [-0.39, 0.29) is 11.5 Å². The molecule has 24 heavy (non-hydrogen) atoms. The Labute approximate surface area is 143 Å². The van der Waals surface area contributed by atoms with Crippen molar-refractivity contribution in [3.8, 4) is 10.7 Å². The van der Waals surface area contributed by atoms with Crippen molar-refractivity contribution in [2.75, 3.05) is 5.75 Å². The van der Waals surface area contributed by atoms with E-state index in [1.807, 2.05) is 17.5 Å². The van der Waals surface area contributed by atoms with E-state index in [2.05, 4.69) is 15.3 Å². The molecule has 0 unspecified atom stereocenters. The van der Waals surface area contributed by atoms with E-state index < -0.39 is 9.84 Å². The summed E-state index contributed by atoms with van der Waals surface area (Å²) in [5.41, 5.74) is 1.27. The van der Waals surface area contributed by atoms with Crippen molar-refractivity contribution in [1.82, 2.24) is 15.3 Å². The molecule has 0 aliphatic rings. The van der Waals surface area contributed by atoms with Crippen LogP contribution in [-0.4, -0.2) is 29.5 Å². The molecule has 0 aliphatic heterocycles. The van der Waals surface area contributed by atoms with E-state index in [1.54, 1.807) is 13.8 Å². The highest BCUT2D eigenvalue weighted by Gasteiger charge is 2.19. The first-order valence-electron chi connectivity index (χ1n) is 7.43. The van der Waals surface area contributed by atoms with Gasteiger partial charge in [-0.1, -0.05) is 16.4 Å². The fourth-order valence-corrected chi connectivity index (χ4v) is 4.54. The van der Waals surface area contributed by atoms with Crippen molar-refractivity contribution in [2.45, 2.75) is 32.4 Å². The topological polar surface area (TPSA) is 99.1 Å². The smallest absolute Gasteiger partial charge is 0.227 e. The number of hydrogen-bond donors (Lipinski definition) is 0. The predicted octanol–water partition coefficient (Wildman–Crippen LogP) is 2.95. The van der Waals surface area contributed by atoms with E-state index in [4.69, 9.17) is 9.05 Å². The fraction of sp³-hybridized carbons (Fsp3) is 0.400. The number of aromatic nitrogens is 3. The van der Waals surface area contributed by atoms with Gasteiger partial charge in [-0.2, -0.15) is 4.98 Å². The third-order valence-corrected chi connectivity index (χ3v) is 6.11. The van der Waals surface area contributed by atoms with Gasteiger partial charge in [0.15, 0.2) is 9.84 Å². The fourth-order valence-electron chi connectivity index (χ4n) is 2.31. The quantitative estimate of drug-likeness (QED) is 0.633. The van der Waals surface area contributed by atoms with Gasteiger partial charge in [-0.15, -0.1) is 11.3 Å². The van der Waals surface area contributed by atoms with E-state index in [9.17, 15) is 8.42 Å². The van der Waals surface area contributed by atoms with Crippen LogP contribution in [0, 0.1) is 13.8 Å². The van der Waals surface area contributed by atoms with Gasteiger partial charge in [-0.3, -0.25) is 0 Å². The first-order valence-corrected chi connectivity index (χ1v) is 10.1. The summed E-state index contributed by atoms with van der Waals surface area (Å²) < 4.78 is 34.7. The first kappa shape index (κ1) is 16.8. The van der Waals surface area contributed by atoms with E-state index >= 15 is 0 Å². The molecule has 0 radical (unpaired) electrons. The standard InChI is InChI=1S/C15H17N3O4S2/c1-10-12(11(2)21-17-10)9-24(19,20)8-4-6-14-16-15(18-22-14)13-5-3-7-23-13/h3,5,7H,4,6,8-9H2,1-2H3. The summed E-state index contributed by atoms with van der Waals surface area (Å²) in [4.78, 5) is 5.22.